The zero-order chi connectivity index (χ0) is 15.3. The summed E-state index contributed by atoms with van der Waals surface area (Å²) in [4.78, 5) is 22.8. The second kappa shape index (κ2) is 8.20. The number of esters is 2. The van der Waals surface area contributed by atoms with E-state index in [1.165, 1.54) is 6.92 Å². The molecule has 112 valence electrons. The van der Waals surface area contributed by atoms with Crippen molar-refractivity contribution < 1.29 is 19.1 Å². The van der Waals surface area contributed by atoms with Crippen molar-refractivity contribution in [3.05, 3.63) is 0 Å². The Kier molecular flexibility index (Phi) is 8.50. The number of hydrogen-bond acceptors (Lipinski definition) is 4. The number of carbonyl (C=O) groups excluding carboxylic acids is 2. The highest BCUT2D eigenvalue weighted by Gasteiger charge is 2.27. The fourth-order valence-corrected chi connectivity index (χ4v) is 1.18. The van der Waals surface area contributed by atoms with Crippen molar-refractivity contribution in [2.45, 2.75) is 20.9 Å². The topological polar surface area (TPSA) is 52.6 Å². The predicted octanol–water partition coefficient (Wildman–Crippen LogP) is 3.84. The molecule has 0 aliphatic carbocycles. The largest absolute Gasteiger partial charge is 0.461 e. The van der Waals surface area contributed by atoms with Gasteiger partial charge < -0.3 is 9.47 Å². The highest BCUT2D eigenvalue weighted by Crippen LogP contribution is 2.27. The van der Waals surface area contributed by atoms with Gasteiger partial charge in [-0.2, -0.15) is 0 Å². The molecule has 0 heterocycles. The van der Waals surface area contributed by atoms with Gasteiger partial charge in [0.15, 0.2) is 0 Å². The Balaban J connectivity index is 4.05. The average Bonchev–Trinajstić information content (AvgIpc) is 2.21. The number of rotatable bonds is 5. The van der Waals surface area contributed by atoms with Crippen LogP contribution in [0.2, 0.25) is 0 Å². The van der Waals surface area contributed by atoms with Crippen LogP contribution >= 0.6 is 69.6 Å². The van der Waals surface area contributed by atoms with E-state index in [1.54, 1.807) is 0 Å². The maximum atomic E-state index is 11.4. The lowest BCUT2D eigenvalue weighted by Gasteiger charge is -2.15. The molecule has 0 amide bonds. The normalized spacial score (nSPS) is 13.8. The van der Waals surface area contributed by atoms with Gasteiger partial charge in [-0.3, -0.25) is 9.59 Å². The number of alkyl halides is 6. The maximum absolute atomic E-state index is 11.4. The smallest absolute Gasteiger partial charge is 0.309 e. The van der Waals surface area contributed by atoms with Crippen LogP contribution in [0.25, 0.3) is 0 Å². The highest BCUT2D eigenvalue weighted by atomic mass is 35.6. The fourth-order valence-electron chi connectivity index (χ4n) is 0.850. The molecular formula is C9H10Cl6O4. The van der Waals surface area contributed by atoms with Gasteiger partial charge in [0.1, 0.15) is 13.2 Å². The number of ether oxygens (including phenoxy) is 2. The van der Waals surface area contributed by atoms with Crippen LogP contribution in [0.1, 0.15) is 13.3 Å². The van der Waals surface area contributed by atoms with Crippen LogP contribution in [0.3, 0.4) is 0 Å². The second-order valence-electron chi connectivity index (χ2n) is 3.60. The summed E-state index contributed by atoms with van der Waals surface area (Å²) in [6.07, 6.45) is -0.237. The zero-order valence-corrected chi connectivity index (χ0v) is 14.1. The number of carbonyl (C=O) groups is 2. The highest BCUT2D eigenvalue weighted by molar-refractivity contribution is 6.68. The molecule has 0 aliphatic rings. The van der Waals surface area contributed by atoms with Crippen LogP contribution in [0.4, 0.5) is 0 Å². The van der Waals surface area contributed by atoms with Crippen LogP contribution in [0.5, 0.6) is 0 Å². The molecule has 0 aromatic carbocycles. The van der Waals surface area contributed by atoms with Crippen molar-refractivity contribution in [2.75, 3.05) is 13.2 Å². The maximum Gasteiger partial charge on any atom is 0.309 e. The minimum atomic E-state index is -1.70. The Bertz CT molecular complexity index is 322. The summed E-state index contributed by atoms with van der Waals surface area (Å²) < 4.78 is 5.94. The zero-order valence-electron chi connectivity index (χ0n) is 9.60. The Morgan fingerprint density at radius 1 is 0.947 bits per heavy atom. The van der Waals surface area contributed by atoms with Crippen LogP contribution in [-0.4, -0.2) is 32.7 Å². The van der Waals surface area contributed by atoms with Gasteiger partial charge in [-0.25, -0.2) is 0 Å². The van der Waals surface area contributed by atoms with E-state index in [0.717, 1.165) is 0 Å². The summed E-state index contributed by atoms with van der Waals surface area (Å²) >= 11 is 32.4. The molecule has 1 unspecified atom stereocenters. The predicted molar refractivity (Wildman–Crippen MR) is 76.3 cm³/mol. The molecule has 19 heavy (non-hydrogen) atoms. The minimum Gasteiger partial charge on any atom is -0.461 e. The molecule has 0 bridgehead atoms. The van der Waals surface area contributed by atoms with Crippen molar-refractivity contribution in [3.8, 4) is 0 Å². The van der Waals surface area contributed by atoms with E-state index in [-0.39, 0.29) is 6.42 Å². The molecule has 0 spiro atoms. The molecule has 0 fully saturated rings. The Morgan fingerprint density at radius 2 is 1.37 bits per heavy atom. The van der Waals surface area contributed by atoms with Crippen LogP contribution in [0, 0.1) is 5.92 Å². The summed E-state index contributed by atoms with van der Waals surface area (Å²) in [5, 5.41) is 0. The van der Waals surface area contributed by atoms with Crippen molar-refractivity contribution in [3.63, 3.8) is 0 Å². The monoisotopic (exact) mass is 392 g/mol. The van der Waals surface area contributed by atoms with Crippen LogP contribution < -0.4 is 0 Å². The average molecular weight is 395 g/mol. The first-order valence-electron chi connectivity index (χ1n) is 4.86. The van der Waals surface area contributed by atoms with Gasteiger partial charge in [0.25, 0.3) is 0 Å². The third-order valence-corrected chi connectivity index (χ3v) is 2.30. The van der Waals surface area contributed by atoms with Gasteiger partial charge in [0, 0.05) is 0 Å². The lowest BCUT2D eigenvalue weighted by Crippen LogP contribution is -2.25. The standard InChI is InChI=1S/C9H10Cl6O4/c1-5(7(17)19-4-9(13,14)15)2-6(16)18-3-8(10,11)12/h5H,2-4H2,1H3. The molecule has 0 radical (unpaired) electrons. The lowest BCUT2D eigenvalue weighted by molar-refractivity contribution is -0.154. The van der Waals surface area contributed by atoms with Gasteiger partial charge in [-0.15, -0.1) is 0 Å². The van der Waals surface area contributed by atoms with E-state index in [2.05, 4.69) is 4.74 Å². The molecule has 0 saturated carbocycles. The van der Waals surface area contributed by atoms with Crippen molar-refractivity contribution in [1.29, 1.82) is 0 Å². The minimum absolute atomic E-state index is 0.237. The summed E-state index contributed by atoms with van der Waals surface area (Å²) in [5.74, 6) is -2.17. The van der Waals surface area contributed by atoms with E-state index in [9.17, 15) is 9.59 Å². The molecule has 1 atom stereocenters. The van der Waals surface area contributed by atoms with E-state index in [1.807, 2.05) is 0 Å². The molecule has 0 saturated heterocycles. The lowest BCUT2D eigenvalue weighted by atomic mass is 10.1. The van der Waals surface area contributed by atoms with Gasteiger partial charge in [-0.1, -0.05) is 76.5 Å². The molecule has 0 aromatic heterocycles. The first-order valence-corrected chi connectivity index (χ1v) is 7.13. The first kappa shape index (κ1) is 19.7. The van der Waals surface area contributed by atoms with E-state index < -0.39 is 38.7 Å². The summed E-state index contributed by atoms with van der Waals surface area (Å²) in [5.41, 5.74) is 0. The van der Waals surface area contributed by atoms with Gasteiger partial charge in [0.2, 0.25) is 7.59 Å². The van der Waals surface area contributed by atoms with Crippen molar-refractivity contribution in [1.82, 2.24) is 0 Å². The molecule has 10 heteroatoms. The Hall–Kier alpha value is 0.680. The van der Waals surface area contributed by atoms with Crippen LogP contribution in [-0.2, 0) is 19.1 Å². The molecule has 0 N–H and O–H groups in total. The quantitative estimate of drug-likeness (QED) is 0.525. The third-order valence-electron chi connectivity index (χ3n) is 1.65. The van der Waals surface area contributed by atoms with E-state index in [0.29, 0.717) is 0 Å². The second-order valence-corrected chi connectivity index (χ2v) is 8.64. The summed E-state index contributed by atoms with van der Waals surface area (Å²) in [7, 11) is 0. The van der Waals surface area contributed by atoms with Crippen molar-refractivity contribution in [2.24, 2.45) is 5.92 Å². The SMILES string of the molecule is CC(CC(=O)OCC(Cl)(Cl)Cl)C(=O)OCC(Cl)(Cl)Cl. The Morgan fingerprint density at radius 3 is 1.79 bits per heavy atom. The third kappa shape index (κ3) is 12.2. The molecule has 0 rings (SSSR count). The molecular weight excluding hydrogens is 385 g/mol. The molecule has 4 nitrogen and oxygen atoms in total. The van der Waals surface area contributed by atoms with Crippen molar-refractivity contribution >= 4 is 81.5 Å². The molecule has 0 aromatic rings. The summed E-state index contributed by atoms with van der Waals surface area (Å²) in [6, 6.07) is 0. The van der Waals surface area contributed by atoms with Gasteiger partial charge >= 0.3 is 11.9 Å². The van der Waals surface area contributed by atoms with E-state index >= 15 is 0 Å². The summed E-state index contributed by atoms with van der Waals surface area (Å²) in [6.45, 7) is 0.633. The Labute approximate surface area is 140 Å². The number of halogens is 6. The fraction of sp³-hybridized carbons (Fsp3) is 0.778. The van der Waals surface area contributed by atoms with Gasteiger partial charge in [0.05, 0.1) is 12.3 Å². The molecule has 0 aliphatic heterocycles. The number of hydrogen-bond donors (Lipinski definition) is 0. The van der Waals surface area contributed by atoms with E-state index in [4.69, 9.17) is 74.3 Å². The van der Waals surface area contributed by atoms with Gasteiger partial charge in [-0.05, 0) is 0 Å². The first-order chi connectivity index (χ1) is 8.41. The van der Waals surface area contributed by atoms with Crippen LogP contribution in [0.15, 0.2) is 0 Å².